The second-order valence-corrected chi connectivity index (χ2v) is 16.6. The predicted octanol–water partition coefficient (Wildman–Crippen LogP) is 5.60. The van der Waals surface area contributed by atoms with Gasteiger partial charge < -0.3 is 24.7 Å². The number of cyclic esters (lactones) is 1. The SMILES string of the molecule is CCn1c(-c2cccnc2[C@H](C)OC)c2c3cc(ccc31)-c1csc(n1)C[C@H](NC(=O)[C@@H]1CNC[C@H]1C(F)(F)F)C(=O)N1CCC[C@H](N1)C(=O)OCC(C)(C)C2. The average molecular weight is 796 g/mol. The van der Waals surface area contributed by atoms with Gasteiger partial charge >= 0.3 is 12.1 Å². The van der Waals surface area contributed by atoms with Gasteiger partial charge in [-0.25, -0.2) is 10.4 Å². The van der Waals surface area contributed by atoms with Crippen LogP contribution in [0.25, 0.3) is 33.4 Å². The molecule has 16 heteroatoms. The van der Waals surface area contributed by atoms with E-state index in [9.17, 15) is 27.6 Å². The monoisotopic (exact) mass is 795 g/mol. The fraction of sp³-hybridized carbons (Fsp3) is 0.525. The maximum Gasteiger partial charge on any atom is 0.393 e. The van der Waals surface area contributed by atoms with Crippen LogP contribution in [0.3, 0.4) is 0 Å². The van der Waals surface area contributed by atoms with Crippen molar-refractivity contribution in [2.24, 2.45) is 17.3 Å². The van der Waals surface area contributed by atoms with Crippen molar-refractivity contribution in [2.45, 2.75) is 84.3 Å². The van der Waals surface area contributed by atoms with E-state index in [1.54, 1.807) is 13.3 Å². The molecule has 0 spiro atoms. The molecule has 2 fully saturated rings. The molecule has 0 unspecified atom stereocenters. The summed E-state index contributed by atoms with van der Waals surface area (Å²) in [6.07, 6.45) is -1.72. The number of hydrazine groups is 1. The van der Waals surface area contributed by atoms with Crippen molar-refractivity contribution in [3.63, 3.8) is 0 Å². The molecular formula is C40H48F3N7O5S. The molecule has 56 heavy (non-hydrogen) atoms. The first-order valence-electron chi connectivity index (χ1n) is 19.1. The summed E-state index contributed by atoms with van der Waals surface area (Å²) in [5, 5.41) is 10.0. The van der Waals surface area contributed by atoms with Crippen molar-refractivity contribution in [1.29, 1.82) is 0 Å². The fourth-order valence-electron chi connectivity index (χ4n) is 8.14. The Morgan fingerprint density at radius 3 is 2.77 bits per heavy atom. The lowest BCUT2D eigenvalue weighted by Crippen LogP contribution is -2.61. The van der Waals surface area contributed by atoms with Crippen LogP contribution in [0.5, 0.6) is 0 Å². The number of aryl methyl sites for hydroxylation is 1. The third-order valence-electron chi connectivity index (χ3n) is 11.1. The van der Waals surface area contributed by atoms with E-state index in [4.69, 9.17) is 19.4 Å². The number of halogens is 3. The largest absolute Gasteiger partial charge is 0.464 e. The van der Waals surface area contributed by atoms with Crippen LogP contribution in [0.2, 0.25) is 0 Å². The number of thiazole rings is 1. The molecular weight excluding hydrogens is 748 g/mol. The molecule has 1 aromatic carbocycles. The van der Waals surface area contributed by atoms with Gasteiger partial charge in [-0.15, -0.1) is 11.3 Å². The number of alkyl halides is 3. The summed E-state index contributed by atoms with van der Waals surface area (Å²) < 4.78 is 55.6. The zero-order chi connectivity index (χ0) is 39.9. The lowest BCUT2D eigenvalue weighted by Gasteiger charge is -2.35. The number of pyridine rings is 1. The number of benzene rings is 1. The Kier molecular flexibility index (Phi) is 11.3. The van der Waals surface area contributed by atoms with Crippen molar-refractivity contribution in [2.75, 3.05) is 33.4 Å². The van der Waals surface area contributed by atoms with E-state index >= 15 is 0 Å². The Bertz CT molecular complexity index is 2120. The minimum absolute atomic E-state index is 0.0567. The Hall–Kier alpha value is -4.38. The number of hydrogen-bond acceptors (Lipinski definition) is 10. The Morgan fingerprint density at radius 1 is 1.21 bits per heavy atom. The number of ether oxygens (including phenoxy) is 2. The third kappa shape index (κ3) is 7.93. The van der Waals surface area contributed by atoms with E-state index in [0.29, 0.717) is 36.5 Å². The average Bonchev–Trinajstić information content (AvgIpc) is 3.94. The molecule has 3 aliphatic heterocycles. The second kappa shape index (κ2) is 15.9. The molecule has 3 N–H and O–H groups in total. The number of rotatable bonds is 6. The van der Waals surface area contributed by atoms with Gasteiger partial charge in [0, 0.05) is 78.7 Å². The lowest BCUT2D eigenvalue weighted by molar-refractivity contribution is -0.182. The highest BCUT2D eigenvalue weighted by Gasteiger charge is 2.50. The minimum Gasteiger partial charge on any atom is -0.464 e. The Morgan fingerprint density at radius 2 is 2.02 bits per heavy atom. The predicted molar refractivity (Wildman–Crippen MR) is 205 cm³/mol. The van der Waals surface area contributed by atoms with Gasteiger partial charge in [-0.1, -0.05) is 19.9 Å². The zero-order valence-corrected chi connectivity index (χ0v) is 33.0. The molecule has 2 saturated heterocycles. The van der Waals surface area contributed by atoms with E-state index < -0.39 is 53.3 Å². The molecule has 4 aromatic rings. The standard InChI is InChI=1S/C40H48F3N7O5S/c1-6-49-32-12-11-23-15-25(32)26(35(49)24-9-7-13-45-34(24)22(2)54-5)17-39(3,4)21-55-38(53)29-10-8-14-50(48-29)37(52)30(16-33-46-31(23)20-56-33)47-36(51)27-18-44-19-28(27)40(41,42)43/h7,9,11-13,15,20,22,27-30,44,48H,6,8,10,14,16-19,21H2,1-5H3,(H,47,51)/t22-,27+,28+,29-,30-/m0/s1. The number of fused-ring (bicyclic) bond motifs is 6. The second-order valence-electron chi connectivity index (χ2n) is 15.7. The first kappa shape index (κ1) is 39.8. The highest BCUT2D eigenvalue weighted by atomic mass is 32.1. The van der Waals surface area contributed by atoms with Gasteiger partial charge in [0.15, 0.2) is 0 Å². The molecule has 3 aliphatic rings. The molecule has 0 saturated carbocycles. The number of aromatic nitrogens is 3. The Labute approximate surface area is 327 Å². The van der Waals surface area contributed by atoms with Gasteiger partial charge in [-0.3, -0.25) is 24.4 Å². The maximum absolute atomic E-state index is 14.1. The molecule has 0 radical (unpaired) electrons. The van der Waals surface area contributed by atoms with Crippen LogP contribution in [0.1, 0.15) is 62.9 Å². The molecule has 5 atom stereocenters. The summed E-state index contributed by atoms with van der Waals surface area (Å²) in [5.74, 6) is -5.23. The van der Waals surface area contributed by atoms with Crippen LogP contribution >= 0.6 is 11.3 Å². The quantitative estimate of drug-likeness (QED) is 0.213. The molecule has 12 nitrogen and oxygen atoms in total. The van der Waals surface area contributed by atoms with Crippen LogP contribution in [0, 0.1) is 17.3 Å². The van der Waals surface area contributed by atoms with Gasteiger partial charge in [-0.05, 0) is 62.9 Å². The van der Waals surface area contributed by atoms with Gasteiger partial charge in [0.2, 0.25) is 5.91 Å². The number of nitrogens with zero attached hydrogens (tertiary/aromatic N) is 4. The summed E-state index contributed by atoms with van der Waals surface area (Å²) in [7, 11) is 1.66. The summed E-state index contributed by atoms with van der Waals surface area (Å²) in [4.78, 5) is 50.9. The van der Waals surface area contributed by atoms with Crippen LogP contribution in [-0.4, -0.2) is 88.9 Å². The zero-order valence-electron chi connectivity index (χ0n) is 32.2. The van der Waals surface area contributed by atoms with E-state index in [1.165, 1.54) is 16.3 Å². The lowest BCUT2D eigenvalue weighted by atomic mass is 9.84. The fourth-order valence-corrected chi connectivity index (χ4v) is 8.99. The summed E-state index contributed by atoms with van der Waals surface area (Å²) in [5.41, 5.74) is 8.80. The van der Waals surface area contributed by atoms with Crippen LogP contribution in [0.4, 0.5) is 13.2 Å². The first-order valence-corrected chi connectivity index (χ1v) is 20.0. The van der Waals surface area contributed by atoms with Gasteiger partial charge in [-0.2, -0.15) is 13.2 Å². The van der Waals surface area contributed by atoms with E-state index in [2.05, 4.69) is 59.6 Å². The van der Waals surface area contributed by atoms with Crippen LogP contribution in [0.15, 0.2) is 41.9 Å². The van der Waals surface area contributed by atoms with Crippen LogP contribution < -0.4 is 16.1 Å². The molecule has 0 aliphatic carbocycles. The van der Waals surface area contributed by atoms with Gasteiger partial charge in [0.05, 0.1) is 46.6 Å². The maximum atomic E-state index is 14.1. The summed E-state index contributed by atoms with van der Waals surface area (Å²) in [6.45, 7) is 8.62. The van der Waals surface area contributed by atoms with Gasteiger partial charge in [0.1, 0.15) is 12.1 Å². The normalized spacial score (nSPS) is 23.8. The van der Waals surface area contributed by atoms with Crippen molar-refractivity contribution < 1.29 is 37.0 Å². The number of methoxy groups -OCH3 is 1. The molecule has 2 amide bonds. The smallest absolute Gasteiger partial charge is 0.393 e. The number of amides is 2. The number of nitrogens with one attached hydrogen (secondary N) is 3. The number of hydrogen-bond donors (Lipinski definition) is 3. The highest BCUT2D eigenvalue weighted by molar-refractivity contribution is 7.10. The first-order chi connectivity index (χ1) is 26.7. The topological polar surface area (TPSA) is 140 Å². The number of carbonyl (C=O) groups excluding carboxylic acids is 3. The van der Waals surface area contributed by atoms with E-state index in [-0.39, 0.29) is 38.8 Å². The van der Waals surface area contributed by atoms with Crippen molar-refractivity contribution in [1.82, 2.24) is 35.6 Å². The summed E-state index contributed by atoms with van der Waals surface area (Å²) in [6, 6.07) is 8.07. The van der Waals surface area contributed by atoms with Crippen LogP contribution in [-0.2, 0) is 43.2 Å². The van der Waals surface area contributed by atoms with E-state index in [0.717, 1.165) is 39.0 Å². The van der Waals surface area contributed by atoms with E-state index in [1.807, 2.05) is 24.4 Å². The van der Waals surface area contributed by atoms with Crippen molar-refractivity contribution in [3.8, 4) is 22.5 Å². The summed E-state index contributed by atoms with van der Waals surface area (Å²) >= 11 is 1.31. The molecule has 6 heterocycles. The molecule has 3 aromatic heterocycles. The minimum atomic E-state index is -4.59. The number of carbonyl (C=O) groups is 3. The molecule has 6 bridgehead atoms. The third-order valence-corrected chi connectivity index (χ3v) is 12.0. The molecule has 300 valence electrons. The number of esters is 1. The highest BCUT2D eigenvalue weighted by Crippen LogP contribution is 2.42. The molecule has 7 rings (SSSR count). The van der Waals surface area contributed by atoms with Crippen molar-refractivity contribution in [3.05, 3.63) is 58.2 Å². The Balaban J connectivity index is 1.33. The van der Waals surface area contributed by atoms with Gasteiger partial charge in [0.25, 0.3) is 5.91 Å². The van der Waals surface area contributed by atoms with Crippen molar-refractivity contribution >= 4 is 40.0 Å².